The summed E-state index contributed by atoms with van der Waals surface area (Å²) in [5.74, 6) is 0.788. The summed E-state index contributed by atoms with van der Waals surface area (Å²) in [6.07, 6.45) is 0.679. The zero-order valence-electron chi connectivity index (χ0n) is 13.5. The fourth-order valence-electron chi connectivity index (χ4n) is 2.28. The second kappa shape index (κ2) is 8.23. The van der Waals surface area contributed by atoms with Gasteiger partial charge in [0.05, 0.1) is 17.7 Å². The Morgan fingerprint density at radius 1 is 1.33 bits per heavy atom. The first-order chi connectivity index (χ1) is 11.5. The molecule has 0 spiro atoms. The van der Waals surface area contributed by atoms with Crippen molar-refractivity contribution >= 4 is 23.3 Å². The van der Waals surface area contributed by atoms with Gasteiger partial charge in [-0.3, -0.25) is 0 Å². The number of halogens is 1. The largest absolute Gasteiger partial charge is 0.497 e. The summed E-state index contributed by atoms with van der Waals surface area (Å²) < 4.78 is 5.19. The second-order valence-electron chi connectivity index (χ2n) is 5.36. The van der Waals surface area contributed by atoms with Crippen LogP contribution in [0.5, 0.6) is 5.75 Å². The van der Waals surface area contributed by atoms with Crippen LogP contribution in [0.3, 0.4) is 0 Å². The summed E-state index contributed by atoms with van der Waals surface area (Å²) in [4.78, 5) is 12.0. The van der Waals surface area contributed by atoms with Crippen molar-refractivity contribution in [1.82, 2.24) is 5.32 Å². The van der Waals surface area contributed by atoms with Crippen LogP contribution < -0.4 is 15.4 Å². The number of nitrogens with one attached hydrogen (secondary N) is 2. The number of hydrogen-bond acceptors (Lipinski definition) is 3. The molecule has 5 nitrogen and oxygen atoms in total. The number of nitrogens with zero attached hydrogens (tertiary/aromatic N) is 1. The van der Waals surface area contributed by atoms with Crippen molar-refractivity contribution < 1.29 is 9.53 Å². The SMILES string of the molecule is COc1cccc(CC(C)NC(=O)Nc2ccc(C#N)c(Cl)c2)c1. The lowest BCUT2D eigenvalue weighted by molar-refractivity contribution is 0.249. The number of urea groups is 1. The highest BCUT2D eigenvalue weighted by molar-refractivity contribution is 6.32. The smallest absolute Gasteiger partial charge is 0.319 e. The number of methoxy groups -OCH3 is 1. The van der Waals surface area contributed by atoms with Crippen LogP contribution in [-0.2, 0) is 6.42 Å². The van der Waals surface area contributed by atoms with E-state index in [9.17, 15) is 4.79 Å². The van der Waals surface area contributed by atoms with Crippen LogP contribution in [0.25, 0.3) is 0 Å². The van der Waals surface area contributed by atoms with Gasteiger partial charge in [0.15, 0.2) is 0 Å². The number of hydrogen-bond donors (Lipinski definition) is 2. The van der Waals surface area contributed by atoms with Crippen LogP contribution in [0.2, 0.25) is 5.02 Å². The Morgan fingerprint density at radius 3 is 2.79 bits per heavy atom. The van der Waals surface area contributed by atoms with Crippen molar-refractivity contribution in [2.24, 2.45) is 0 Å². The number of carbonyl (C=O) groups is 1. The average Bonchev–Trinajstić information content (AvgIpc) is 2.55. The standard InChI is InChI=1S/C18H18ClN3O2/c1-12(8-13-4-3-5-16(9-13)24-2)21-18(23)22-15-7-6-14(11-20)17(19)10-15/h3-7,9-10,12H,8H2,1-2H3,(H2,21,22,23). The van der Waals surface area contributed by atoms with E-state index in [-0.39, 0.29) is 12.1 Å². The van der Waals surface area contributed by atoms with Crippen molar-refractivity contribution in [3.05, 3.63) is 58.6 Å². The van der Waals surface area contributed by atoms with Gasteiger partial charge in [-0.1, -0.05) is 23.7 Å². The molecule has 24 heavy (non-hydrogen) atoms. The van der Waals surface area contributed by atoms with Gasteiger partial charge in [-0.25, -0.2) is 4.79 Å². The second-order valence-corrected chi connectivity index (χ2v) is 5.77. The molecule has 0 bridgehead atoms. The molecule has 0 radical (unpaired) electrons. The average molecular weight is 344 g/mol. The van der Waals surface area contributed by atoms with E-state index in [1.54, 1.807) is 25.3 Å². The number of amides is 2. The van der Waals surface area contributed by atoms with E-state index in [1.807, 2.05) is 37.3 Å². The summed E-state index contributed by atoms with van der Waals surface area (Å²) in [6, 6.07) is 14.1. The topological polar surface area (TPSA) is 74.2 Å². The first kappa shape index (κ1) is 17.6. The first-order valence-corrected chi connectivity index (χ1v) is 7.79. The molecule has 2 aromatic rings. The lowest BCUT2D eigenvalue weighted by atomic mass is 10.1. The monoisotopic (exact) mass is 343 g/mol. The summed E-state index contributed by atoms with van der Waals surface area (Å²) >= 11 is 5.95. The number of anilines is 1. The minimum absolute atomic E-state index is 0.0639. The fraction of sp³-hybridized carbons (Fsp3) is 0.222. The Kier molecular flexibility index (Phi) is 6.05. The van der Waals surface area contributed by atoms with Gasteiger partial charge >= 0.3 is 6.03 Å². The molecule has 2 N–H and O–H groups in total. The van der Waals surface area contributed by atoms with Crippen molar-refractivity contribution in [2.45, 2.75) is 19.4 Å². The van der Waals surface area contributed by atoms with Crippen molar-refractivity contribution in [2.75, 3.05) is 12.4 Å². The normalized spacial score (nSPS) is 11.2. The Bertz CT molecular complexity index is 771. The van der Waals surface area contributed by atoms with Crippen LogP contribution in [0.4, 0.5) is 10.5 Å². The summed E-state index contributed by atoms with van der Waals surface area (Å²) in [7, 11) is 1.62. The quantitative estimate of drug-likeness (QED) is 0.862. The van der Waals surface area contributed by atoms with E-state index in [1.165, 1.54) is 0 Å². The van der Waals surface area contributed by atoms with E-state index in [2.05, 4.69) is 10.6 Å². The van der Waals surface area contributed by atoms with E-state index in [4.69, 9.17) is 21.6 Å². The molecule has 0 aliphatic carbocycles. The molecule has 0 saturated heterocycles. The Morgan fingerprint density at radius 2 is 2.12 bits per heavy atom. The minimum atomic E-state index is -0.328. The Hall–Kier alpha value is -2.71. The van der Waals surface area contributed by atoms with Crippen LogP contribution in [0, 0.1) is 11.3 Å². The fourth-order valence-corrected chi connectivity index (χ4v) is 2.50. The highest BCUT2D eigenvalue weighted by atomic mass is 35.5. The lowest BCUT2D eigenvalue weighted by Gasteiger charge is -2.15. The zero-order valence-corrected chi connectivity index (χ0v) is 14.2. The molecule has 124 valence electrons. The molecule has 0 aliphatic heterocycles. The highest BCUT2D eigenvalue weighted by Gasteiger charge is 2.10. The maximum atomic E-state index is 12.0. The molecule has 0 aliphatic rings. The van der Waals surface area contributed by atoms with Gasteiger partial charge in [-0.15, -0.1) is 0 Å². The van der Waals surface area contributed by atoms with Gasteiger partial charge < -0.3 is 15.4 Å². The number of carbonyl (C=O) groups excluding carboxylic acids is 1. The summed E-state index contributed by atoms with van der Waals surface area (Å²) in [5.41, 5.74) is 1.97. The molecule has 1 atom stereocenters. The minimum Gasteiger partial charge on any atom is -0.497 e. The van der Waals surface area contributed by atoms with Crippen LogP contribution in [-0.4, -0.2) is 19.2 Å². The number of ether oxygens (including phenoxy) is 1. The van der Waals surface area contributed by atoms with E-state index in [0.29, 0.717) is 22.7 Å². The first-order valence-electron chi connectivity index (χ1n) is 7.42. The van der Waals surface area contributed by atoms with Crippen molar-refractivity contribution in [1.29, 1.82) is 5.26 Å². The molecule has 6 heteroatoms. The summed E-state index contributed by atoms with van der Waals surface area (Å²) in [6.45, 7) is 1.92. The Labute approximate surface area is 146 Å². The number of nitriles is 1. The molecule has 0 fully saturated rings. The van der Waals surface area contributed by atoms with E-state index >= 15 is 0 Å². The highest BCUT2D eigenvalue weighted by Crippen LogP contribution is 2.20. The van der Waals surface area contributed by atoms with Gasteiger partial charge in [0.1, 0.15) is 11.8 Å². The predicted octanol–water partition coefficient (Wildman–Crippen LogP) is 3.97. The van der Waals surface area contributed by atoms with Crippen molar-refractivity contribution in [3.8, 4) is 11.8 Å². The molecular formula is C18H18ClN3O2. The molecular weight excluding hydrogens is 326 g/mol. The molecule has 2 aromatic carbocycles. The number of rotatable bonds is 5. The van der Waals surface area contributed by atoms with Gasteiger partial charge in [0, 0.05) is 11.7 Å². The van der Waals surface area contributed by atoms with Gasteiger partial charge in [0.2, 0.25) is 0 Å². The third-order valence-corrected chi connectivity index (χ3v) is 3.71. The maximum absolute atomic E-state index is 12.0. The van der Waals surface area contributed by atoms with Gasteiger partial charge in [-0.05, 0) is 49.2 Å². The molecule has 0 saturated carbocycles. The third kappa shape index (κ3) is 4.90. The van der Waals surface area contributed by atoms with Gasteiger partial charge in [0.25, 0.3) is 0 Å². The zero-order chi connectivity index (χ0) is 17.5. The van der Waals surface area contributed by atoms with Gasteiger partial charge in [-0.2, -0.15) is 5.26 Å². The molecule has 2 rings (SSSR count). The van der Waals surface area contributed by atoms with Crippen molar-refractivity contribution in [3.63, 3.8) is 0 Å². The Balaban J connectivity index is 1.91. The maximum Gasteiger partial charge on any atom is 0.319 e. The number of benzene rings is 2. The summed E-state index contributed by atoms with van der Waals surface area (Å²) in [5, 5.41) is 14.7. The molecule has 0 aromatic heterocycles. The molecule has 2 amide bonds. The van der Waals surface area contributed by atoms with E-state index < -0.39 is 0 Å². The lowest BCUT2D eigenvalue weighted by Crippen LogP contribution is -2.37. The predicted molar refractivity (Wildman–Crippen MR) is 94.5 cm³/mol. The van der Waals surface area contributed by atoms with E-state index in [0.717, 1.165) is 11.3 Å². The third-order valence-electron chi connectivity index (χ3n) is 3.40. The van der Waals surface area contributed by atoms with Crippen LogP contribution in [0.1, 0.15) is 18.1 Å². The van der Waals surface area contributed by atoms with Crippen LogP contribution in [0.15, 0.2) is 42.5 Å². The molecule has 1 unspecified atom stereocenters. The van der Waals surface area contributed by atoms with Crippen LogP contribution >= 0.6 is 11.6 Å². The molecule has 0 heterocycles.